The number of hydrogen-bond acceptors (Lipinski definition) is 5. The van der Waals surface area contributed by atoms with E-state index in [4.69, 9.17) is 9.47 Å². The molecule has 4 atom stereocenters. The highest BCUT2D eigenvalue weighted by Gasteiger charge is 2.51. The summed E-state index contributed by atoms with van der Waals surface area (Å²) < 4.78 is 13.5. The topological polar surface area (TPSA) is 83.1 Å². The number of aliphatic hydroxyl groups is 1. The van der Waals surface area contributed by atoms with E-state index in [2.05, 4.69) is 114 Å². The van der Waals surface area contributed by atoms with Gasteiger partial charge in [-0.2, -0.15) is 0 Å². The maximum absolute atomic E-state index is 13.1. The maximum Gasteiger partial charge on any atom is 0.315 e. The van der Waals surface area contributed by atoms with Crippen LogP contribution < -0.4 is 10.6 Å². The van der Waals surface area contributed by atoms with Crippen LogP contribution in [0.5, 0.6) is 0 Å². The average Bonchev–Trinajstić information content (AvgIpc) is 3.15. The van der Waals surface area contributed by atoms with Gasteiger partial charge in [-0.1, -0.05) is 104 Å². The zero-order valence-corrected chi connectivity index (χ0v) is 30.5. The molecule has 272 valence electrons. The minimum Gasteiger partial charge on any atom is -0.392 e. The average molecular weight is 700 g/mol. The Morgan fingerprint density at radius 2 is 1.42 bits per heavy atom. The fraction of sp³-hybridized carbons (Fsp3) is 0.444. The molecule has 1 heterocycles. The standard InChI is InChI=1S/C45H53N3O4/c1-30-41(28-48(2)27-31-7-4-3-5-8-31)51-43(52-42(30)38-13-11-32(29-49)12-14-38)39-17-15-37(16-18-39)40-10-6-9-33(22-40)26-46-44(50)47-45-23-34-19-35(24-45)21-36(20-34)25-45/h3-18,22,30,34-36,41-43,49H,19-21,23-29H2,1-2H3,(H2,46,47,50). The van der Waals surface area contributed by atoms with E-state index in [9.17, 15) is 9.90 Å². The Hall–Kier alpha value is -4.01. The van der Waals surface area contributed by atoms with Crippen molar-refractivity contribution in [1.82, 2.24) is 15.5 Å². The SMILES string of the molecule is CC1C(CN(C)Cc2ccccc2)OC(c2ccc(-c3cccc(CNC(=O)NC45CC6CC(CC(C6)C4)C5)c3)cc2)OC1c1ccc(CO)cc1. The fourth-order valence-electron chi connectivity index (χ4n) is 10.0. The number of aliphatic hydroxyl groups excluding tert-OH is 1. The number of carbonyl (C=O) groups is 1. The zero-order chi connectivity index (χ0) is 35.7. The van der Waals surface area contributed by atoms with Gasteiger partial charge in [-0.05, 0) is 103 Å². The molecular formula is C45H53N3O4. The number of rotatable bonds is 11. The molecule has 0 spiro atoms. The highest BCUT2D eigenvalue weighted by molar-refractivity contribution is 5.75. The molecule has 4 aromatic carbocycles. The molecule has 5 aliphatic rings. The normalized spacial score (nSPS) is 29.3. The summed E-state index contributed by atoms with van der Waals surface area (Å²) in [6.45, 7) is 4.32. The predicted octanol–water partition coefficient (Wildman–Crippen LogP) is 8.54. The van der Waals surface area contributed by atoms with Crippen LogP contribution in [0.1, 0.15) is 85.7 Å². The largest absolute Gasteiger partial charge is 0.392 e. The molecule has 2 amide bonds. The van der Waals surface area contributed by atoms with E-state index in [1.165, 1.54) is 24.8 Å². The smallest absolute Gasteiger partial charge is 0.315 e. The van der Waals surface area contributed by atoms with Crippen LogP contribution >= 0.6 is 0 Å². The number of amides is 2. The van der Waals surface area contributed by atoms with Gasteiger partial charge in [-0.3, -0.25) is 4.90 Å². The molecule has 7 nitrogen and oxygen atoms in total. The Labute approximate surface area is 308 Å². The van der Waals surface area contributed by atoms with Crippen LogP contribution in [0.4, 0.5) is 4.79 Å². The highest BCUT2D eigenvalue weighted by Crippen LogP contribution is 2.55. The van der Waals surface area contributed by atoms with Crippen molar-refractivity contribution in [2.24, 2.45) is 23.7 Å². The number of urea groups is 1. The van der Waals surface area contributed by atoms with Crippen LogP contribution in [0, 0.1) is 23.7 Å². The molecule has 9 rings (SSSR count). The van der Waals surface area contributed by atoms with Gasteiger partial charge in [0.1, 0.15) is 0 Å². The molecule has 0 radical (unpaired) electrons. The molecule has 1 saturated heterocycles. The Morgan fingerprint density at radius 1 is 0.769 bits per heavy atom. The van der Waals surface area contributed by atoms with E-state index in [0.29, 0.717) is 6.54 Å². The van der Waals surface area contributed by atoms with Gasteiger partial charge >= 0.3 is 6.03 Å². The van der Waals surface area contributed by atoms with Crippen LogP contribution in [0.25, 0.3) is 11.1 Å². The van der Waals surface area contributed by atoms with Crippen molar-refractivity contribution in [2.75, 3.05) is 13.6 Å². The van der Waals surface area contributed by atoms with Gasteiger partial charge in [-0.15, -0.1) is 0 Å². The van der Waals surface area contributed by atoms with Crippen molar-refractivity contribution >= 4 is 6.03 Å². The van der Waals surface area contributed by atoms with Gasteiger partial charge in [0.05, 0.1) is 18.8 Å². The number of likely N-dealkylation sites (N-methyl/N-ethyl adjacent to an activating group) is 1. The minimum absolute atomic E-state index is 0.00882. The minimum atomic E-state index is -0.522. The Kier molecular flexibility index (Phi) is 10.2. The lowest BCUT2D eigenvalue weighted by Gasteiger charge is -2.56. The third kappa shape index (κ3) is 7.84. The van der Waals surface area contributed by atoms with E-state index in [1.807, 2.05) is 18.2 Å². The van der Waals surface area contributed by atoms with E-state index < -0.39 is 6.29 Å². The molecule has 0 aromatic heterocycles. The Morgan fingerprint density at radius 3 is 2.10 bits per heavy atom. The zero-order valence-electron chi connectivity index (χ0n) is 30.5. The third-order valence-electron chi connectivity index (χ3n) is 12.2. The molecule has 52 heavy (non-hydrogen) atoms. The first-order chi connectivity index (χ1) is 25.3. The van der Waals surface area contributed by atoms with Crippen LogP contribution in [0.2, 0.25) is 0 Å². The van der Waals surface area contributed by atoms with E-state index in [0.717, 1.165) is 83.5 Å². The number of nitrogens with zero attached hydrogens (tertiary/aromatic N) is 1. The van der Waals surface area contributed by atoms with Gasteiger partial charge in [0.25, 0.3) is 0 Å². The second kappa shape index (κ2) is 15.2. The molecule has 7 heteroatoms. The summed E-state index contributed by atoms with van der Waals surface area (Å²) in [6.07, 6.45) is 6.81. The summed E-state index contributed by atoms with van der Waals surface area (Å²) in [5.74, 6) is 2.51. The monoisotopic (exact) mass is 699 g/mol. The Bertz CT molecular complexity index is 1780. The molecular weight excluding hydrogens is 647 g/mol. The van der Waals surface area contributed by atoms with Crippen molar-refractivity contribution in [1.29, 1.82) is 0 Å². The molecule has 4 saturated carbocycles. The van der Waals surface area contributed by atoms with Gasteiger partial charge in [0.15, 0.2) is 6.29 Å². The molecule has 3 N–H and O–H groups in total. The summed E-state index contributed by atoms with van der Waals surface area (Å²) in [5, 5.41) is 16.2. The summed E-state index contributed by atoms with van der Waals surface area (Å²) in [4.78, 5) is 15.4. The summed E-state index contributed by atoms with van der Waals surface area (Å²) in [7, 11) is 2.15. The van der Waals surface area contributed by atoms with Gasteiger partial charge < -0.3 is 25.2 Å². The first-order valence-electron chi connectivity index (χ1n) is 19.3. The second-order valence-corrected chi connectivity index (χ2v) is 16.3. The van der Waals surface area contributed by atoms with Crippen molar-refractivity contribution in [3.63, 3.8) is 0 Å². The molecule has 1 aliphatic heterocycles. The van der Waals surface area contributed by atoms with Crippen LogP contribution in [0.15, 0.2) is 103 Å². The lowest BCUT2D eigenvalue weighted by molar-refractivity contribution is -0.276. The Balaban J connectivity index is 0.935. The van der Waals surface area contributed by atoms with E-state index in [1.54, 1.807) is 0 Å². The lowest BCUT2D eigenvalue weighted by Crippen LogP contribution is -2.61. The van der Waals surface area contributed by atoms with Gasteiger partial charge in [0, 0.05) is 36.7 Å². The first kappa shape index (κ1) is 35.0. The molecule has 5 fully saturated rings. The maximum atomic E-state index is 13.1. The molecule has 4 bridgehead atoms. The number of benzene rings is 4. The molecule has 4 aliphatic carbocycles. The van der Waals surface area contributed by atoms with E-state index >= 15 is 0 Å². The second-order valence-electron chi connectivity index (χ2n) is 16.3. The summed E-state index contributed by atoms with van der Waals surface area (Å²) in [5.41, 5.74) is 7.51. The van der Waals surface area contributed by atoms with Crippen LogP contribution in [0.3, 0.4) is 0 Å². The summed E-state index contributed by atoms with van der Waals surface area (Å²) >= 11 is 0. The van der Waals surface area contributed by atoms with Gasteiger partial charge in [-0.25, -0.2) is 4.79 Å². The highest BCUT2D eigenvalue weighted by atomic mass is 16.7. The lowest BCUT2D eigenvalue weighted by atomic mass is 9.53. The number of hydrogen-bond donors (Lipinski definition) is 3. The van der Waals surface area contributed by atoms with Crippen molar-refractivity contribution < 1.29 is 19.4 Å². The molecule has 4 unspecified atom stereocenters. The van der Waals surface area contributed by atoms with Gasteiger partial charge in [0.2, 0.25) is 0 Å². The quantitative estimate of drug-likeness (QED) is 0.146. The van der Waals surface area contributed by atoms with Crippen LogP contribution in [-0.4, -0.2) is 41.3 Å². The van der Waals surface area contributed by atoms with Crippen molar-refractivity contribution in [2.45, 2.75) is 89.2 Å². The number of nitrogens with one attached hydrogen (secondary N) is 2. The molecule has 4 aromatic rings. The number of carbonyl (C=O) groups excluding carboxylic acids is 1. The van der Waals surface area contributed by atoms with Crippen molar-refractivity contribution in [3.8, 4) is 11.1 Å². The van der Waals surface area contributed by atoms with E-state index in [-0.39, 0.29) is 36.3 Å². The fourth-order valence-corrected chi connectivity index (χ4v) is 10.0. The van der Waals surface area contributed by atoms with Crippen molar-refractivity contribution in [3.05, 3.63) is 131 Å². The number of ether oxygens (including phenoxy) is 2. The first-order valence-corrected chi connectivity index (χ1v) is 19.3. The van der Waals surface area contributed by atoms with Crippen LogP contribution in [-0.2, 0) is 29.2 Å². The summed E-state index contributed by atoms with van der Waals surface area (Å²) in [6, 6.07) is 35.5. The predicted molar refractivity (Wildman–Crippen MR) is 204 cm³/mol. The third-order valence-corrected chi connectivity index (χ3v) is 12.2.